The molecular formula is C11H13N5. The lowest BCUT2D eigenvalue weighted by Gasteiger charge is -2.10. The summed E-state index contributed by atoms with van der Waals surface area (Å²) in [4.78, 5) is 0. The van der Waals surface area contributed by atoms with Gasteiger partial charge in [0, 0.05) is 6.54 Å². The molecule has 0 spiro atoms. The molecule has 5 heteroatoms. The van der Waals surface area contributed by atoms with Crippen LogP contribution < -0.4 is 5.32 Å². The van der Waals surface area contributed by atoms with E-state index in [0.29, 0.717) is 0 Å². The summed E-state index contributed by atoms with van der Waals surface area (Å²) in [5.74, 6) is 0.849. The standard InChI is InChI=1S/C11H13N5/c1-2-4-11(16-8-13-14-15-16)10(3-1)12-7-9-5-6-9/h1-4,8-9,12H,5-7H2. The summed E-state index contributed by atoms with van der Waals surface area (Å²) in [6, 6.07) is 8.06. The Morgan fingerprint density at radius 2 is 2.19 bits per heavy atom. The summed E-state index contributed by atoms with van der Waals surface area (Å²) in [5.41, 5.74) is 2.08. The minimum absolute atomic E-state index is 0.849. The van der Waals surface area contributed by atoms with Gasteiger partial charge >= 0.3 is 0 Å². The van der Waals surface area contributed by atoms with Crippen LogP contribution in [0.1, 0.15) is 12.8 Å². The van der Waals surface area contributed by atoms with Crippen LogP contribution in [0, 0.1) is 5.92 Å². The molecule has 2 aromatic rings. The minimum atomic E-state index is 0.849. The second-order valence-electron chi connectivity index (χ2n) is 4.10. The molecule has 1 N–H and O–H groups in total. The number of tetrazole rings is 1. The molecule has 1 aromatic heterocycles. The number of anilines is 1. The second-order valence-corrected chi connectivity index (χ2v) is 4.10. The van der Waals surface area contributed by atoms with Crippen LogP contribution in [0.5, 0.6) is 0 Å². The van der Waals surface area contributed by atoms with E-state index >= 15 is 0 Å². The molecule has 3 rings (SSSR count). The summed E-state index contributed by atoms with van der Waals surface area (Å²) in [7, 11) is 0. The average molecular weight is 215 g/mol. The highest BCUT2D eigenvalue weighted by Crippen LogP contribution is 2.29. The van der Waals surface area contributed by atoms with E-state index in [1.54, 1.807) is 11.0 Å². The third-order valence-electron chi connectivity index (χ3n) is 2.78. The molecule has 82 valence electrons. The topological polar surface area (TPSA) is 55.6 Å². The van der Waals surface area contributed by atoms with Gasteiger partial charge in [-0.2, -0.15) is 4.68 Å². The summed E-state index contributed by atoms with van der Waals surface area (Å²) in [6.45, 7) is 1.04. The number of benzene rings is 1. The van der Waals surface area contributed by atoms with E-state index in [0.717, 1.165) is 23.8 Å². The van der Waals surface area contributed by atoms with Gasteiger partial charge in [0.1, 0.15) is 6.33 Å². The Hall–Kier alpha value is -1.91. The SMILES string of the molecule is c1ccc(-n2cnnn2)c(NCC2CC2)c1. The Labute approximate surface area is 93.5 Å². The van der Waals surface area contributed by atoms with E-state index in [9.17, 15) is 0 Å². The molecule has 0 amide bonds. The molecule has 1 aromatic carbocycles. The molecule has 0 unspecified atom stereocenters. The number of rotatable bonds is 4. The zero-order valence-corrected chi connectivity index (χ0v) is 8.87. The highest BCUT2D eigenvalue weighted by atomic mass is 15.5. The Bertz CT molecular complexity index is 461. The van der Waals surface area contributed by atoms with Crippen molar-refractivity contribution in [1.29, 1.82) is 0 Å². The molecule has 0 aliphatic heterocycles. The smallest absolute Gasteiger partial charge is 0.143 e. The molecule has 1 saturated carbocycles. The van der Waals surface area contributed by atoms with Crippen molar-refractivity contribution in [3.8, 4) is 5.69 Å². The summed E-state index contributed by atoms with van der Waals surface area (Å²) >= 11 is 0. The zero-order valence-electron chi connectivity index (χ0n) is 8.87. The van der Waals surface area contributed by atoms with Crippen molar-refractivity contribution in [1.82, 2.24) is 20.2 Å². The summed E-state index contributed by atoms with van der Waals surface area (Å²) < 4.78 is 1.68. The maximum absolute atomic E-state index is 3.91. The number of nitrogens with zero attached hydrogens (tertiary/aromatic N) is 4. The molecule has 0 saturated heterocycles. The highest BCUT2D eigenvalue weighted by Gasteiger charge is 2.21. The van der Waals surface area contributed by atoms with Crippen molar-refractivity contribution < 1.29 is 0 Å². The largest absolute Gasteiger partial charge is 0.383 e. The van der Waals surface area contributed by atoms with Crippen molar-refractivity contribution in [2.75, 3.05) is 11.9 Å². The van der Waals surface area contributed by atoms with Gasteiger partial charge in [-0.05, 0) is 41.3 Å². The Balaban J connectivity index is 1.85. The quantitative estimate of drug-likeness (QED) is 0.839. The highest BCUT2D eigenvalue weighted by molar-refractivity contribution is 5.60. The fraction of sp³-hybridized carbons (Fsp3) is 0.364. The fourth-order valence-corrected chi connectivity index (χ4v) is 1.67. The van der Waals surface area contributed by atoms with E-state index in [1.807, 2.05) is 18.2 Å². The normalized spacial score (nSPS) is 15.0. The molecule has 5 nitrogen and oxygen atoms in total. The third kappa shape index (κ3) is 1.88. The maximum Gasteiger partial charge on any atom is 0.143 e. The van der Waals surface area contributed by atoms with Gasteiger partial charge in [0.25, 0.3) is 0 Å². The summed E-state index contributed by atoms with van der Waals surface area (Å²) in [5, 5.41) is 14.7. The minimum Gasteiger partial charge on any atom is -0.383 e. The van der Waals surface area contributed by atoms with Gasteiger partial charge in [0.15, 0.2) is 0 Å². The van der Waals surface area contributed by atoms with Gasteiger partial charge in [-0.3, -0.25) is 0 Å². The van der Waals surface area contributed by atoms with Crippen LogP contribution in [0.4, 0.5) is 5.69 Å². The predicted octanol–water partition coefficient (Wildman–Crippen LogP) is 1.48. The van der Waals surface area contributed by atoms with Gasteiger partial charge in [0.05, 0.1) is 11.4 Å². The molecule has 16 heavy (non-hydrogen) atoms. The van der Waals surface area contributed by atoms with E-state index in [4.69, 9.17) is 0 Å². The van der Waals surface area contributed by atoms with Crippen LogP contribution in [0.3, 0.4) is 0 Å². The van der Waals surface area contributed by atoms with Crippen molar-refractivity contribution in [3.05, 3.63) is 30.6 Å². The fourth-order valence-electron chi connectivity index (χ4n) is 1.67. The molecule has 1 fully saturated rings. The number of aromatic nitrogens is 4. The first kappa shape index (κ1) is 9.33. The number of hydrogen-bond acceptors (Lipinski definition) is 4. The van der Waals surface area contributed by atoms with E-state index in [-0.39, 0.29) is 0 Å². The van der Waals surface area contributed by atoms with E-state index in [2.05, 4.69) is 26.9 Å². The Kier molecular flexibility index (Phi) is 2.29. The number of nitrogens with one attached hydrogen (secondary N) is 1. The third-order valence-corrected chi connectivity index (χ3v) is 2.78. The second kappa shape index (κ2) is 3.92. The van der Waals surface area contributed by atoms with Crippen molar-refractivity contribution in [2.45, 2.75) is 12.8 Å². The molecule has 1 heterocycles. The monoisotopic (exact) mass is 215 g/mol. The van der Waals surface area contributed by atoms with Crippen molar-refractivity contribution >= 4 is 5.69 Å². The van der Waals surface area contributed by atoms with Crippen molar-refractivity contribution in [3.63, 3.8) is 0 Å². The maximum atomic E-state index is 3.91. The van der Waals surface area contributed by atoms with Gasteiger partial charge in [-0.25, -0.2) is 0 Å². The van der Waals surface area contributed by atoms with Crippen LogP contribution in [0.2, 0.25) is 0 Å². The van der Waals surface area contributed by atoms with Crippen LogP contribution in [-0.4, -0.2) is 26.8 Å². The summed E-state index contributed by atoms with van der Waals surface area (Å²) in [6.07, 6.45) is 4.30. The molecule has 0 radical (unpaired) electrons. The molecule has 0 atom stereocenters. The van der Waals surface area contributed by atoms with E-state index < -0.39 is 0 Å². The van der Waals surface area contributed by atoms with Crippen LogP contribution in [0.15, 0.2) is 30.6 Å². The number of hydrogen-bond donors (Lipinski definition) is 1. The lowest BCUT2D eigenvalue weighted by atomic mass is 10.2. The van der Waals surface area contributed by atoms with Crippen LogP contribution >= 0.6 is 0 Å². The average Bonchev–Trinajstić information content (AvgIpc) is 3.00. The first-order valence-corrected chi connectivity index (χ1v) is 5.50. The van der Waals surface area contributed by atoms with E-state index in [1.165, 1.54) is 12.8 Å². The Morgan fingerprint density at radius 1 is 1.31 bits per heavy atom. The first-order valence-electron chi connectivity index (χ1n) is 5.50. The predicted molar refractivity (Wildman–Crippen MR) is 60.4 cm³/mol. The first-order chi connectivity index (χ1) is 7.93. The van der Waals surface area contributed by atoms with Crippen LogP contribution in [0.25, 0.3) is 5.69 Å². The lowest BCUT2D eigenvalue weighted by Crippen LogP contribution is -2.07. The molecule has 1 aliphatic rings. The van der Waals surface area contributed by atoms with Gasteiger partial charge in [0.2, 0.25) is 0 Å². The van der Waals surface area contributed by atoms with Crippen LogP contribution in [-0.2, 0) is 0 Å². The van der Waals surface area contributed by atoms with Gasteiger partial charge < -0.3 is 5.32 Å². The van der Waals surface area contributed by atoms with Crippen molar-refractivity contribution in [2.24, 2.45) is 5.92 Å². The zero-order chi connectivity index (χ0) is 10.8. The Morgan fingerprint density at radius 3 is 2.94 bits per heavy atom. The lowest BCUT2D eigenvalue weighted by molar-refractivity contribution is 0.787. The molecular weight excluding hydrogens is 202 g/mol. The molecule has 0 bridgehead atoms. The molecule has 1 aliphatic carbocycles. The van der Waals surface area contributed by atoms with Gasteiger partial charge in [-0.1, -0.05) is 12.1 Å². The number of para-hydroxylation sites is 2. The van der Waals surface area contributed by atoms with Gasteiger partial charge in [-0.15, -0.1) is 5.10 Å².